The summed E-state index contributed by atoms with van der Waals surface area (Å²) < 4.78 is 13.1. The van der Waals surface area contributed by atoms with Crippen molar-refractivity contribution < 1.29 is 14.3 Å². The molecule has 5 rings (SSSR count). The van der Waals surface area contributed by atoms with Crippen LogP contribution in [0.4, 0.5) is 5.82 Å². The Hall–Kier alpha value is -3.75. The number of carbonyl (C=O) groups is 1. The number of hydrogen-bond donors (Lipinski definition) is 1. The molecule has 0 bridgehead atoms. The summed E-state index contributed by atoms with van der Waals surface area (Å²) in [6.45, 7) is 8.13. The van der Waals surface area contributed by atoms with Gasteiger partial charge in [0.05, 0.1) is 31.2 Å². The molecule has 2 aromatic heterocycles. The Morgan fingerprint density at radius 3 is 2.58 bits per heavy atom. The highest BCUT2D eigenvalue weighted by Crippen LogP contribution is 2.29. The molecule has 0 saturated carbocycles. The first-order valence-corrected chi connectivity index (χ1v) is 12.3. The topological polar surface area (TPSA) is 81.5 Å². The summed E-state index contributed by atoms with van der Waals surface area (Å²) in [5, 5.41) is 9.45. The number of amides is 1. The minimum atomic E-state index is -0.214. The first kappa shape index (κ1) is 24.0. The zero-order valence-electron chi connectivity index (χ0n) is 20.9. The molecule has 0 unspecified atom stereocenters. The lowest BCUT2D eigenvalue weighted by Gasteiger charge is -2.27. The molecule has 8 heteroatoms. The summed E-state index contributed by atoms with van der Waals surface area (Å²) in [5.41, 5.74) is 3.91. The number of anilines is 1. The number of pyridine rings is 1. The Labute approximate surface area is 210 Å². The van der Waals surface area contributed by atoms with Crippen LogP contribution in [0.3, 0.4) is 0 Å². The van der Waals surface area contributed by atoms with E-state index >= 15 is 0 Å². The van der Waals surface area contributed by atoms with E-state index in [1.54, 1.807) is 30.5 Å². The third-order valence-electron chi connectivity index (χ3n) is 6.30. The number of morpholine rings is 1. The van der Waals surface area contributed by atoms with Gasteiger partial charge in [-0.2, -0.15) is 5.10 Å². The van der Waals surface area contributed by atoms with Crippen LogP contribution in [0.25, 0.3) is 21.9 Å². The zero-order valence-corrected chi connectivity index (χ0v) is 20.9. The van der Waals surface area contributed by atoms with Crippen molar-refractivity contribution in [2.75, 3.05) is 31.6 Å². The molecule has 2 aromatic carbocycles. The van der Waals surface area contributed by atoms with Crippen molar-refractivity contribution in [3.63, 3.8) is 0 Å². The molecule has 1 aliphatic rings. The van der Waals surface area contributed by atoms with Crippen LogP contribution in [-0.2, 0) is 18.3 Å². The molecule has 0 spiro atoms. The third-order valence-corrected chi connectivity index (χ3v) is 6.30. The first-order valence-electron chi connectivity index (χ1n) is 12.3. The van der Waals surface area contributed by atoms with Gasteiger partial charge in [-0.15, -0.1) is 0 Å². The maximum atomic E-state index is 12.8. The van der Waals surface area contributed by atoms with E-state index in [4.69, 9.17) is 9.47 Å². The number of benzene rings is 2. The molecular formula is C28H31N5O3. The molecule has 1 saturated heterocycles. The maximum Gasteiger partial charge on any atom is 0.256 e. The van der Waals surface area contributed by atoms with Gasteiger partial charge in [0, 0.05) is 49.4 Å². The standard InChI is InChI=1S/C28H31N5O3/c1-19(2)36-24-8-6-20(7-9-24)28(34)31-27-15-23-14-21(4-5-22(23)16-29-27)25-17-30-32(3)26(25)18-33-10-12-35-13-11-33/h4-9,14-17,19H,10-13,18H2,1-3H3,(H,29,31,34). The van der Waals surface area contributed by atoms with Crippen LogP contribution in [0.1, 0.15) is 29.9 Å². The summed E-state index contributed by atoms with van der Waals surface area (Å²) in [5.74, 6) is 1.03. The Balaban J connectivity index is 1.36. The average Bonchev–Trinajstić information content (AvgIpc) is 3.24. The molecule has 3 heterocycles. The van der Waals surface area contributed by atoms with Gasteiger partial charge in [-0.25, -0.2) is 4.98 Å². The molecule has 8 nitrogen and oxygen atoms in total. The Morgan fingerprint density at radius 1 is 1.06 bits per heavy atom. The van der Waals surface area contributed by atoms with Crippen LogP contribution in [0.5, 0.6) is 5.75 Å². The van der Waals surface area contributed by atoms with Gasteiger partial charge < -0.3 is 14.8 Å². The predicted molar refractivity (Wildman–Crippen MR) is 140 cm³/mol. The van der Waals surface area contributed by atoms with Gasteiger partial charge >= 0.3 is 0 Å². The van der Waals surface area contributed by atoms with Crippen LogP contribution in [-0.4, -0.2) is 58.0 Å². The van der Waals surface area contributed by atoms with E-state index in [0.29, 0.717) is 11.4 Å². The van der Waals surface area contributed by atoms with E-state index in [9.17, 15) is 4.79 Å². The average molecular weight is 486 g/mol. The normalized spacial score (nSPS) is 14.3. The number of fused-ring (bicyclic) bond motifs is 1. The van der Waals surface area contributed by atoms with E-state index in [1.165, 1.54) is 5.69 Å². The lowest BCUT2D eigenvalue weighted by Crippen LogP contribution is -2.36. The third kappa shape index (κ3) is 5.40. The number of hydrogen-bond acceptors (Lipinski definition) is 6. The van der Waals surface area contributed by atoms with Gasteiger partial charge in [0.1, 0.15) is 11.6 Å². The fraction of sp³-hybridized carbons (Fsp3) is 0.321. The molecular weight excluding hydrogens is 454 g/mol. The first-order chi connectivity index (χ1) is 17.5. The minimum Gasteiger partial charge on any atom is -0.491 e. The monoisotopic (exact) mass is 485 g/mol. The van der Waals surface area contributed by atoms with Crippen molar-refractivity contribution in [2.24, 2.45) is 7.05 Å². The zero-order chi connectivity index (χ0) is 25.1. The van der Waals surface area contributed by atoms with E-state index in [-0.39, 0.29) is 12.0 Å². The van der Waals surface area contributed by atoms with Crippen molar-refractivity contribution in [1.82, 2.24) is 19.7 Å². The van der Waals surface area contributed by atoms with Gasteiger partial charge in [-0.3, -0.25) is 14.4 Å². The molecule has 4 aromatic rings. The van der Waals surface area contributed by atoms with Crippen molar-refractivity contribution in [3.05, 3.63) is 72.2 Å². The van der Waals surface area contributed by atoms with E-state index < -0.39 is 0 Å². The fourth-order valence-corrected chi connectivity index (χ4v) is 4.38. The molecule has 36 heavy (non-hydrogen) atoms. The summed E-state index contributed by atoms with van der Waals surface area (Å²) in [7, 11) is 1.99. The SMILES string of the molecule is CC(C)Oc1ccc(C(=O)Nc2cc3cc(-c4cnn(C)c4CN4CCOCC4)ccc3cn2)cc1. The highest BCUT2D eigenvalue weighted by atomic mass is 16.5. The smallest absolute Gasteiger partial charge is 0.256 e. The fourth-order valence-electron chi connectivity index (χ4n) is 4.38. The van der Waals surface area contributed by atoms with Gasteiger partial charge in [-0.1, -0.05) is 12.1 Å². The largest absolute Gasteiger partial charge is 0.491 e. The number of aromatic nitrogens is 3. The molecule has 1 N–H and O–H groups in total. The lowest BCUT2D eigenvalue weighted by molar-refractivity contribution is 0.0332. The molecule has 1 fully saturated rings. The summed E-state index contributed by atoms with van der Waals surface area (Å²) in [6, 6.07) is 15.3. The van der Waals surface area contributed by atoms with Crippen LogP contribution in [0.2, 0.25) is 0 Å². The van der Waals surface area contributed by atoms with Crippen molar-refractivity contribution in [2.45, 2.75) is 26.5 Å². The van der Waals surface area contributed by atoms with E-state index in [0.717, 1.165) is 60.5 Å². The maximum absolute atomic E-state index is 12.8. The second-order valence-electron chi connectivity index (χ2n) is 9.29. The molecule has 186 valence electrons. The minimum absolute atomic E-state index is 0.0819. The van der Waals surface area contributed by atoms with Gasteiger partial charge in [0.2, 0.25) is 0 Å². The Morgan fingerprint density at radius 2 is 1.83 bits per heavy atom. The van der Waals surface area contributed by atoms with Crippen molar-refractivity contribution in [3.8, 4) is 16.9 Å². The van der Waals surface area contributed by atoms with Gasteiger partial charge in [0.25, 0.3) is 5.91 Å². The molecule has 1 amide bonds. The number of ether oxygens (including phenoxy) is 2. The van der Waals surface area contributed by atoms with Gasteiger partial charge in [-0.05, 0) is 61.2 Å². The summed E-state index contributed by atoms with van der Waals surface area (Å²) in [6.07, 6.45) is 3.79. The highest BCUT2D eigenvalue weighted by Gasteiger charge is 2.17. The van der Waals surface area contributed by atoms with Gasteiger partial charge in [0.15, 0.2) is 0 Å². The lowest BCUT2D eigenvalue weighted by atomic mass is 10.0. The predicted octanol–water partition coefficient (Wildman–Crippen LogP) is 4.51. The highest BCUT2D eigenvalue weighted by molar-refractivity contribution is 6.04. The molecule has 0 radical (unpaired) electrons. The quantitative estimate of drug-likeness (QED) is 0.415. The van der Waals surface area contributed by atoms with E-state index in [1.807, 2.05) is 37.8 Å². The number of nitrogens with one attached hydrogen (secondary N) is 1. The number of rotatable bonds is 7. The Bertz CT molecular complexity index is 1360. The number of aryl methyl sites for hydroxylation is 1. The van der Waals surface area contributed by atoms with Crippen LogP contribution >= 0.6 is 0 Å². The second-order valence-corrected chi connectivity index (χ2v) is 9.29. The number of nitrogens with zero attached hydrogens (tertiary/aromatic N) is 4. The van der Waals surface area contributed by atoms with Crippen LogP contribution in [0, 0.1) is 0 Å². The molecule has 1 aliphatic heterocycles. The van der Waals surface area contributed by atoms with Crippen LogP contribution in [0.15, 0.2) is 60.9 Å². The summed E-state index contributed by atoms with van der Waals surface area (Å²) >= 11 is 0. The Kier molecular flexibility index (Phi) is 6.97. The van der Waals surface area contributed by atoms with Crippen molar-refractivity contribution >= 4 is 22.5 Å². The van der Waals surface area contributed by atoms with Crippen molar-refractivity contribution in [1.29, 1.82) is 0 Å². The van der Waals surface area contributed by atoms with E-state index in [2.05, 4.69) is 38.5 Å². The molecule has 0 aliphatic carbocycles. The molecule has 0 atom stereocenters. The van der Waals surface area contributed by atoms with Crippen LogP contribution < -0.4 is 10.1 Å². The second kappa shape index (κ2) is 10.5. The summed E-state index contributed by atoms with van der Waals surface area (Å²) in [4.78, 5) is 19.6. The number of carbonyl (C=O) groups excluding carboxylic acids is 1.